The summed E-state index contributed by atoms with van der Waals surface area (Å²) in [5.74, 6) is 1.78. The molecule has 3 nitrogen and oxygen atoms in total. The van der Waals surface area contributed by atoms with Crippen molar-refractivity contribution < 1.29 is 0 Å². The first kappa shape index (κ1) is 12.9. The molecular formula is C14H16BrN3. The second-order valence-electron chi connectivity index (χ2n) is 3.92. The number of hydrogen-bond acceptors (Lipinski definition) is 3. The second-order valence-corrected chi connectivity index (χ2v) is 4.84. The van der Waals surface area contributed by atoms with E-state index >= 15 is 0 Å². The topological polar surface area (TPSA) is 37.0 Å². The predicted molar refractivity (Wildman–Crippen MR) is 79.9 cm³/mol. The van der Waals surface area contributed by atoms with E-state index in [-0.39, 0.29) is 0 Å². The number of rotatable bonds is 5. The maximum Gasteiger partial charge on any atom is 0.128 e. The molecule has 0 aliphatic heterocycles. The van der Waals surface area contributed by atoms with E-state index in [1.54, 1.807) is 0 Å². The van der Waals surface area contributed by atoms with Crippen LogP contribution < -0.4 is 10.6 Å². The van der Waals surface area contributed by atoms with Gasteiger partial charge in [0.05, 0.1) is 0 Å². The number of aromatic nitrogens is 1. The van der Waals surface area contributed by atoms with Crippen molar-refractivity contribution in [3.8, 4) is 0 Å². The zero-order valence-electron chi connectivity index (χ0n) is 10.3. The smallest absolute Gasteiger partial charge is 0.128 e. The number of nitrogens with zero attached hydrogens (tertiary/aromatic N) is 1. The van der Waals surface area contributed by atoms with Gasteiger partial charge < -0.3 is 10.6 Å². The van der Waals surface area contributed by atoms with Crippen LogP contribution in [0.15, 0.2) is 46.9 Å². The Balaban J connectivity index is 1.99. The lowest BCUT2D eigenvalue weighted by Crippen LogP contribution is -2.04. The molecule has 1 aromatic carbocycles. The van der Waals surface area contributed by atoms with Crippen LogP contribution in [0.25, 0.3) is 0 Å². The van der Waals surface area contributed by atoms with Gasteiger partial charge in [0.25, 0.3) is 0 Å². The maximum atomic E-state index is 4.47. The monoisotopic (exact) mass is 305 g/mol. The predicted octanol–water partition coefficient (Wildman–Crippen LogP) is 3.89. The molecule has 0 aliphatic rings. The normalized spacial score (nSPS) is 10.1. The van der Waals surface area contributed by atoms with Crippen LogP contribution in [0.1, 0.15) is 12.5 Å². The van der Waals surface area contributed by atoms with E-state index in [1.807, 2.05) is 30.3 Å². The van der Waals surface area contributed by atoms with Crippen LogP contribution in [0.5, 0.6) is 0 Å². The van der Waals surface area contributed by atoms with Crippen molar-refractivity contribution in [2.45, 2.75) is 13.5 Å². The average Bonchev–Trinajstić information content (AvgIpc) is 2.37. The second kappa shape index (κ2) is 6.40. The lowest BCUT2D eigenvalue weighted by Gasteiger charge is -2.08. The molecule has 18 heavy (non-hydrogen) atoms. The lowest BCUT2D eigenvalue weighted by atomic mass is 10.2. The van der Waals surface area contributed by atoms with Crippen molar-refractivity contribution in [3.05, 3.63) is 52.5 Å². The molecule has 0 radical (unpaired) electrons. The van der Waals surface area contributed by atoms with E-state index in [9.17, 15) is 0 Å². The third-order valence-electron chi connectivity index (χ3n) is 2.47. The average molecular weight is 306 g/mol. The maximum absolute atomic E-state index is 4.47. The minimum Gasteiger partial charge on any atom is -0.370 e. The van der Waals surface area contributed by atoms with Crippen molar-refractivity contribution in [2.24, 2.45) is 0 Å². The zero-order chi connectivity index (χ0) is 12.8. The number of nitrogens with one attached hydrogen (secondary N) is 2. The summed E-state index contributed by atoms with van der Waals surface area (Å²) >= 11 is 3.47. The highest BCUT2D eigenvalue weighted by molar-refractivity contribution is 9.10. The summed E-state index contributed by atoms with van der Waals surface area (Å²) in [6, 6.07) is 14.2. The van der Waals surface area contributed by atoms with Crippen molar-refractivity contribution in [3.63, 3.8) is 0 Å². The van der Waals surface area contributed by atoms with Gasteiger partial charge in [0.1, 0.15) is 11.6 Å². The highest BCUT2D eigenvalue weighted by Gasteiger charge is 1.97. The van der Waals surface area contributed by atoms with E-state index in [1.165, 1.54) is 5.56 Å². The Labute approximate surface area is 116 Å². The quantitative estimate of drug-likeness (QED) is 0.880. The van der Waals surface area contributed by atoms with E-state index in [4.69, 9.17) is 0 Å². The molecule has 0 saturated heterocycles. The van der Waals surface area contributed by atoms with Crippen molar-refractivity contribution in [2.75, 3.05) is 17.2 Å². The molecule has 4 heteroatoms. The van der Waals surface area contributed by atoms with Gasteiger partial charge >= 0.3 is 0 Å². The highest BCUT2D eigenvalue weighted by Crippen LogP contribution is 2.14. The van der Waals surface area contributed by atoms with E-state index < -0.39 is 0 Å². The van der Waals surface area contributed by atoms with Gasteiger partial charge in [0.15, 0.2) is 0 Å². The van der Waals surface area contributed by atoms with Gasteiger partial charge in [-0.25, -0.2) is 4.98 Å². The Morgan fingerprint density at radius 3 is 2.50 bits per heavy atom. The molecule has 94 valence electrons. The van der Waals surface area contributed by atoms with Crippen LogP contribution >= 0.6 is 15.9 Å². The number of benzene rings is 1. The molecule has 0 aliphatic carbocycles. The first-order chi connectivity index (χ1) is 8.78. The summed E-state index contributed by atoms with van der Waals surface area (Å²) in [7, 11) is 0. The summed E-state index contributed by atoms with van der Waals surface area (Å²) in [5.41, 5.74) is 1.22. The largest absolute Gasteiger partial charge is 0.370 e. The Morgan fingerprint density at radius 1 is 1.06 bits per heavy atom. The van der Waals surface area contributed by atoms with Crippen molar-refractivity contribution in [1.82, 2.24) is 4.98 Å². The Bertz CT molecular complexity index is 514. The van der Waals surface area contributed by atoms with Crippen molar-refractivity contribution >= 4 is 27.6 Å². The van der Waals surface area contributed by atoms with Gasteiger partial charge in [0, 0.05) is 17.6 Å². The van der Waals surface area contributed by atoms with Crippen molar-refractivity contribution in [1.29, 1.82) is 0 Å². The minimum absolute atomic E-state index is 0.766. The summed E-state index contributed by atoms with van der Waals surface area (Å²) in [6.45, 7) is 3.70. The van der Waals surface area contributed by atoms with Crippen LogP contribution in [0, 0.1) is 0 Å². The molecule has 0 bridgehead atoms. The van der Waals surface area contributed by atoms with E-state index in [2.05, 4.69) is 50.6 Å². The van der Waals surface area contributed by atoms with Gasteiger partial charge in [-0.2, -0.15) is 0 Å². The third kappa shape index (κ3) is 3.74. The first-order valence-corrected chi connectivity index (χ1v) is 6.76. The van der Waals surface area contributed by atoms with Gasteiger partial charge in [-0.05, 0) is 36.8 Å². The molecule has 2 rings (SSSR count). The number of pyridine rings is 1. The molecule has 1 aromatic heterocycles. The fraction of sp³-hybridized carbons (Fsp3) is 0.214. The standard InChI is InChI=1S/C14H16BrN3/c1-2-16-13-7-4-8-14(18-13)17-10-11-5-3-6-12(15)9-11/h3-9H,2,10H2,1H3,(H2,16,17,18). The molecule has 2 aromatic rings. The van der Waals surface area contributed by atoms with Gasteiger partial charge in [0.2, 0.25) is 0 Å². The molecule has 0 spiro atoms. The first-order valence-electron chi connectivity index (χ1n) is 5.97. The SMILES string of the molecule is CCNc1cccc(NCc2cccc(Br)c2)n1. The highest BCUT2D eigenvalue weighted by atomic mass is 79.9. The van der Waals surface area contributed by atoms with Crippen LogP contribution in [0.3, 0.4) is 0 Å². The van der Waals surface area contributed by atoms with Crippen LogP contribution in [-0.4, -0.2) is 11.5 Å². The van der Waals surface area contributed by atoms with Gasteiger partial charge in [-0.3, -0.25) is 0 Å². The number of hydrogen-bond donors (Lipinski definition) is 2. The van der Waals surface area contributed by atoms with Crippen LogP contribution in [0.2, 0.25) is 0 Å². The molecule has 0 atom stereocenters. The Hall–Kier alpha value is -1.55. The molecule has 0 saturated carbocycles. The molecular weight excluding hydrogens is 290 g/mol. The Morgan fingerprint density at radius 2 is 1.78 bits per heavy atom. The molecule has 0 amide bonds. The lowest BCUT2D eigenvalue weighted by molar-refractivity contribution is 1.09. The fourth-order valence-corrected chi connectivity index (χ4v) is 2.10. The number of anilines is 2. The van der Waals surface area contributed by atoms with Gasteiger partial charge in [-0.1, -0.05) is 34.1 Å². The number of halogens is 1. The van der Waals surface area contributed by atoms with E-state index in [0.29, 0.717) is 0 Å². The summed E-state index contributed by atoms with van der Waals surface area (Å²) < 4.78 is 1.09. The van der Waals surface area contributed by atoms with Crippen LogP contribution in [-0.2, 0) is 6.54 Å². The van der Waals surface area contributed by atoms with Gasteiger partial charge in [-0.15, -0.1) is 0 Å². The third-order valence-corrected chi connectivity index (χ3v) is 2.96. The summed E-state index contributed by atoms with van der Waals surface area (Å²) in [4.78, 5) is 4.47. The summed E-state index contributed by atoms with van der Waals surface area (Å²) in [6.07, 6.45) is 0. The molecule has 1 heterocycles. The fourth-order valence-electron chi connectivity index (χ4n) is 1.65. The summed E-state index contributed by atoms with van der Waals surface area (Å²) in [5, 5.41) is 6.51. The molecule has 2 N–H and O–H groups in total. The molecule has 0 fully saturated rings. The van der Waals surface area contributed by atoms with E-state index in [0.717, 1.165) is 29.2 Å². The van der Waals surface area contributed by atoms with Crippen LogP contribution in [0.4, 0.5) is 11.6 Å². The molecule has 0 unspecified atom stereocenters. The minimum atomic E-state index is 0.766. The Kier molecular flexibility index (Phi) is 4.59. The zero-order valence-corrected chi connectivity index (χ0v) is 11.9.